The molecule has 5 atom stereocenters. The summed E-state index contributed by atoms with van der Waals surface area (Å²) in [5.41, 5.74) is -0.548. The van der Waals surface area contributed by atoms with Gasteiger partial charge in [-0.2, -0.15) is 0 Å². The lowest BCUT2D eigenvalue weighted by molar-refractivity contribution is -0.159. The van der Waals surface area contributed by atoms with Crippen LogP contribution in [-0.4, -0.2) is 73.6 Å². The first-order valence-electron chi connectivity index (χ1n) is 9.97. The Balaban J connectivity index is 0.00000306. The van der Waals surface area contributed by atoms with Gasteiger partial charge in [0.15, 0.2) is 11.4 Å². The molecular weight excluding hydrogens is 456 g/mol. The Hall–Kier alpha value is -2.92. The number of primary amides is 1. The number of ketones is 2. The summed E-state index contributed by atoms with van der Waals surface area (Å²) < 4.78 is 0. The van der Waals surface area contributed by atoms with Crippen molar-refractivity contribution < 1.29 is 39.9 Å². The molecule has 0 saturated heterocycles. The predicted molar refractivity (Wildman–Crippen MR) is 117 cm³/mol. The van der Waals surface area contributed by atoms with Gasteiger partial charge in [0.25, 0.3) is 5.91 Å². The van der Waals surface area contributed by atoms with E-state index in [-0.39, 0.29) is 30.0 Å². The van der Waals surface area contributed by atoms with Crippen molar-refractivity contribution in [2.45, 2.75) is 30.6 Å². The van der Waals surface area contributed by atoms with Gasteiger partial charge < -0.3 is 31.3 Å². The van der Waals surface area contributed by atoms with Gasteiger partial charge in [0.2, 0.25) is 5.78 Å². The first kappa shape index (κ1) is 24.7. The van der Waals surface area contributed by atoms with Gasteiger partial charge in [-0.15, -0.1) is 12.4 Å². The zero-order valence-corrected chi connectivity index (χ0v) is 18.9. The molecule has 0 radical (unpaired) electrons. The van der Waals surface area contributed by atoms with Gasteiger partial charge in [-0.05, 0) is 39.1 Å². The zero-order chi connectivity index (χ0) is 23.9. The van der Waals surface area contributed by atoms with Crippen LogP contribution >= 0.6 is 12.4 Å². The zero-order valence-electron chi connectivity index (χ0n) is 18.1. The number of carbonyl (C=O) groups excluding carboxylic acids is 3. The number of phenolic OH excluding ortho intramolecular Hbond substituents is 1. The average molecular weight is 481 g/mol. The summed E-state index contributed by atoms with van der Waals surface area (Å²) in [5.74, 6) is -7.90. The number of rotatable bonds is 2. The normalized spacial score (nSPS) is 33.3. The lowest BCUT2D eigenvalue weighted by atomic mass is 9.54. The number of nitrogens with two attached hydrogens (primary N) is 1. The summed E-state index contributed by atoms with van der Waals surface area (Å²) in [6.45, 7) is 1.40. The molecule has 10 nitrogen and oxygen atoms in total. The minimum Gasteiger partial charge on any atom is -0.508 e. The number of likely N-dealkylation sites (N-methyl/N-ethyl adjacent to an activating group) is 1. The molecule has 0 aromatic heterocycles. The first-order valence-corrected chi connectivity index (χ1v) is 9.97. The summed E-state index contributed by atoms with van der Waals surface area (Å²) >= 11 is 0. The second-order valence-electron chi connectivity index (χ2n) is 8.96. The SMILES string of the molecule is CN(C)[C@H]1C(=O)C(C(N)=O)=C(O)[C@]2(O)C(=O)C3=C(O)c4c(O)cccc4[C@](C)(O)[C@@H]3C[C@@H]12.Cl. The number of carbonyl (C=O) groups is 3. The van der Waals surface area contributed by atoms with Crippen LogP contribution in [0, 0.1) is 11.8 Å². The second-order valence-corrected chi connectivity index (χ2v) is 8.96. The van der Waals surface area contributed by atoms with E-state index in [1.54, 1.807) is 0 Å². The van der Waals surface area contributed by atoms with Crippen molar-refractivity contribution >= 4 is 35.6 Å². The molecule has 0 aliphatic heterocycles. The van der Waals surface area contributed by atoms with Gasteiger partial charge in [-0.25, -0.2) is 0 Å². The molecule has 4 rings (SSSR count). The quantitative estimate of drug-likeness (QED) is 0.318. The summed E-state index contributed by atoms with van der Waals surface area (Å²) in [6, 6.07) is 3.02. The van der Waals surface area contributed by atoms with Crippen LogP contribution in [0.4, 0.5) is 0 Å². The van der Waals surface area contributed by atoms with Gasteiger partial charge in [0.1, 0.15) is 22.8 Å². The molecule has 1 fully saturated rings. The van der Waals surface area contributed by atoms with Gasteiger partial charge in [0.05, 0.1) is 17.2 Å². The van der Waals surface area contributed by atoms with Crippen molar-refractivity contribution in [2.75, 3.05) is 14.1 Å². The topological polar surface area (TPSA) is 182 Å². The number of benzene rings is 1. The fourth-order valence-corrected chi connectivity index (χ4v) is 5.50. The highest BCUT2D eigenvalue weighted by atomic mass is 35.5. The van der Waals surface area contributed by atoms with Crippen LogP contribution < -0.4 is 5.73 Å². The monoisotopic (exact) mass is 480 g/mol. The van der Waals surface area contributed by atoms with Crippen LogP contribution in [0.3, 0.4) is 0 Å². The number of phenols is 1. The molecule has 1 aromatic rings. The maximum Gasteiger partial charge on any atom is 0.255 e. The van der Waals surface area contributed by atoms with Crippen LogP contribution in [-0.2, 0) is 20.0 Å². The molecule has 178 valence electrons. The van der Waals surface area contributed by atoms with E-state index in [4.69, 9.17) is 5.73 Å². The minimum absolute atomic E-state index is 0. The summed E-state index contributed by atoms with van der Waals surface area (Å²) in [5, 5.41) is 54.9. The number of aliphatic hydroxyl groups is 4. The van der Waals surface area contributed by atoms with E-state index in [0.717, 1.165) is 0 Å². The summed E-state index contributed by atoms with van der Waals surface area (Å²) in [7, 11) is 3.01. The molecule has 1 aromatic carbocycles. The standard InChI is InChI=1S/C22H24N2O8.ClH/c1-21(31)8-5-4-6-11(25)12(8)16(26)13-9(21)7-10-15(24(2)3)17(27)14(20(23)30)19(29)22(10,32)18(13)28;/h4-6,9-10,15,25-26,29,31-32H,7H2,1-3H3,(H2,23,30);1H/t9-,10+,15-,21+,22-;/m1./s1. The van der Waals surface area contributed by atoms with E-state index < -0.39 is 75.0 Å². The Morgan fingerprint density at radius 2 is 1.76 bits per heavy atom. The molecule has 11 heteroatoms. The van der Waals surface area contributed by atoms with Crippen molar-refractivity contribution in [3.05, 3.63) is 46.2 Å². The maximum absolute atomic E-state index is 13.7. The third-order valence-corrected chi connectivity index (χ3v) is 7.02. The summed E-state index contributed by atoms with van der Waals surface area (Å²) in [6.07, 6.45) is -0.200. The molecule has 0 heterocycles. The Morgan fingerprint density at radius 1 is 1.15 bits per heavy atom. The smallest absolute Gasteiger partial charge is 0.255 e. The van der Waals surface area contributed by atoms with E-state index in [0.29, 0.717) is 0 Å². The van der Waals surface area contributed by atoms with Crippen LogP contribution in [0.15, 0.2) is 35.1 Å². The maximum atomic E-state index is 13.7. The molecular formula is C22H25ClN2O8. The van der Waals surface area contributed by atoms with E-state index >= 15 is 0 Å². The van der Waals surface area contributed by atoms with E-state index in [2.05, 4.69) is 0 Å². The van der Waals surface area contributed by atoms with Crippen LogP contribution in [0.25, 0.3) is 5.76 Å². The van der Waals surface area contributed by atoms with Gasteiger partial charge in [-0.3, -0.25) is 19.3 Å². The largest absolute Gasteiger partial charge is 0.508 e. The third kappa shape index (κ3) is 2.95. The first-order chi connectivity index (χ1) is 14.8. The molecule has 0 unspecified atom stereocenters. The Kier molecular flexibility index (Phi) is 5.66. The van der Waals surface area contributed by atoms with Crippen LogP contribution in [0.2, 0.25) is 0 Å². The molecule has 0 spiro atoms. The third-order valence-electron chi connectivity index (χ3n) is 7.02. The number of hydrogen-bond acceptors (Lipinski definition) is 9. The van der Waals surface area contributed by atoms with E-state index in [9.17, 15) is 39.9 Å². The highest BCUT2D eigenvalue weighted by molar-refractivity contribution is 6.24. The number of halogens is 1. The van der Waals surface area contributed by atoms with Gasteiger partial charge in [0, 0.05) is 17.4 Å². The number of Topliss-reactive ketones (excluding diaryl/α,β-unsaturated/α-hetero) is 2. The van der Waals surface area contributed by atoms with Crippen molar-refractivity contribution in [3.8, 4) is 5.75 Å². The fraction of sp³-hybridized carbons (Fsp3) is 0.409. The lowest BCUT2D eigenvalue weighted by Gasteiger charge is -2.53. The molecule has 3 aliphatic carbocycles. The average Bonchev–Trinajstić information content (AvgIpc) is 2.68. The van der Waals surface area contributed by atoms with Crippen LogP contribution in [0.1, 0.15) is 24.5 Å². The number of aliphatic hydroxyl groups excluding tert-OH is 2. The summed E-state index contributed by atoms with van der Waals surface area (Å²) in [4.78, 5) is 40.0. The van der Waals surface area contributed by atoms with Crippen LogP contribution in [0.5, 0.6) is 5.75 Å². The minimum atomic E-state index is -2.75. The van der Waals surface area contributed by atoms with Crippen molar-refractivity contribution in [1.29, 1.82) is 0 Å². The highest BCUT2D eigenvalue weighted by Crippen LogP contribution is 2.57. The van der Waals surface area contributed by atoms with Crippen molar-refractivity contribution in [1.82, 2.24) is 4.90 Å². The second kappa shape index (κ2) is 7.56. The van der Waals surface area contributed by atoms with Crippen molar-refractivity contribution in [3.63, 3.8) is 0 Å². The lowest BCUT2D eigenvalue weighted by Crippen LogP contribution is -2.67. The van der Waals surface area contributed by atoms with Gasteiger partial charge >= 0.3 is 0 Å². The molecule has 1 saturated carbocycles. The fourth-order valence-electron chi connectivity index (χ4n) is 5.50. The number of nitrogens with zero attached hydrogens (tertiary/aromatic N) is 1. The Bertz CT molecular complexity index is 1160. The number of fused-ring (bicyclic) bond motifs is 3. The number of hydrogen-bond donors (Lipinski definition) is 6. The molecule has 1 amide bonds. The highest BCUT2D eigenvalue weighted by Gasteiger charge is 2.66. The Morgan fingerprint density at radius 3 is 2.30 bits per heavy atom. The number of amides is 1. The predicted octanol–water partition coefficient (Wildman–Crippen LogP) is 0.0508. The van der Waals surface area contributed by atoms with Crippen molar-refractivity contribution in [2.24, 2.45) is 17.6 Å². The number of aromatic hydroxyl groups is 1. The molecule has 0 bridgehead atoms. The molecule has 3 aliphatic rings. The Labute approximate surface area is 195 Å². The molecule has 7 N–H and O–H groups in total. The van der Waals surface area contributed by atoms with E-state index in [1.165, 1.54) is 44.1 Å². The van der Waals surface area contributed by atoms with E-state index in [1.807, 2.05) is 0 Å². The van der Waals surface area contributed by atoms with Gasteiger partial charge in [-0.1, -0.05) is 12.1 Å². The molecule has 33 heavy (non-hydrogen) atoms.